The van der Waals surface area contributed by atoms with E-state index in [1.807, 2.05) is 0 Å². The van der Waals surface area contributed by atoms with Crippen LogP contribution in [-0.4, -0.2) is 543 Å². The molecule has 0 bridgehead atoms. The average Bonchev–Trinajstić information content (AvgIpc) is 0.777. The number of nitrogens with one attached hydrogen (secondary N) is 1. The van der Waals surface area contributed by atoms with Crippen LogP contribution in [0.4, 0.5) is 0 Å². The first-order valence-corrected chi connectivity index (χ1v) is 36.1. The van der Waals surface area contributed by atoms with Crippen molar-refractivity contribution in [2.45, 2.75) is 308 Å². The number of aliphatic hydroxyl groups excluding tert-OH is 32. The summed E-state index contributed by atoms with van der Waals surface area (Å²) in [4.78, 5) is 12.2. The molecule has 0 saturated carbocycles. The second-order valence-electron chi connectivity index (χ2n) is 28.6. The third-order valence-corrected chi connectivity index (χ3v) is 20.9. The molecule has 49 atom stereocenters. The zero-order valence-electron chi connectivity index (χ0n) is 60.1. The van der Waals surface area contributed by atoms with Crippen LogP contribution in [0.5, 0.6) is 0 Å². The third kappa shape index (κ3) is 20.9. The van der Waals surface area contributed by atoms with Crippen LogP contribution in [0.2, 0.25) is 0 Å². The number of amides is 1. The van der Waals surface area contributed by atoms with E-state index in [1.165, 1.54) is 0 Å². The summed E-state index contributed by atoms with van der Waals surface area (Å²) in [5, 5.41) is 352. The van der Waals surface area contributed by atoms with Crippen LogP contribution in [0.25, 0.3) is 0 Å². The summed E-state index contributed by atoms with van der Waals surface area (Å²) in [6.45, 7) is -11.3. The van der Waals surface area contributed by atoms with Gasteiger partial charge in [0.15, 0.2) is 56.6 Å². The smallest absolute Gasteiger partial charge is 0.217 e. The predicted molar refractivity (Wildman–Crippen MR) is 343 cm³/mol. The van der Waals surface area contributed by atoms with Crippen molar-refractivity contribution in [3.8, 4) is 0 Å². The van der Waals surface area contributed by atoms with Crippen molar-refractivity contribution in [3.63, 3.8) is 0 Å². The highest BCUT2D eigenvalue weighted by Crippen LogP contribution is 2.39. The van der Waals surface area contributed by atoms with Gasteiger partial charge in [-0.1, -0.05) is 0 Å². The van der Waals surface area contributed by atoms with E-state index in [4.69, 9.17) is 85.3 Å². The first-order chi connectivity index (χ1) is 53.9. The zero-order valence-corrected chi connectivity index (χ0v) is 60.1. The minimum Gasteiger partial charge on any atom is -0.394 e. The fraction of sp³-hybridized carbons (Fsp3) is 0.984. The molecule has 0 radical (unpaired) electrons. The molecule has 9 aliphatic rings. The van der Waals surface area contributed by atoms with Crippen LogP contribution >= 0.6 is 0 Å². The zero-order chi connectivity index (χ0) is 84.1. The Labute approximate surface area is 643 Å². The Hall–Kier alpha value is -2.53. The number of aliphatic hydroxyl groups is 32. The number of carbonyl (C=O) groups is 1. The van der Waals surface area contributed by atoms with Crippen molar-refractivity contribution in [2.75, 3.05) is 72.7 Å². The van der Waals surface area contributed by atoms with E-state index in [0.717, 1.165) is 6.92 Å². The van der Waals surface area contributed by atoms with Crippen molar-refractivity contribution in [2.24, 2.45) is 0 Å². The molecule has 1 amide bonds. The molecule has 9 saturated heterocycles. The van der Waals surface area contributed by atoms with Crippen molar-refractivity contribution in [1.29, 1.82) is 0 Å². The second-order valence-corrected chi connectivity index (χ2v) is 28.6. The summed E-state index contributed by atoms with van der Waals surface area (Å²) in [6.07, 6.45) is -104. The second kappa shape index (κ2) is 42.0. The monoisotopic (exact) mass is 1680 g/mol. The molecule has 9 fully saturated rings. The van der Waals surface area contributed by atoms with Gasteiger partial charge in [-0.15, -0.1) is 0 Å². The maximum absolute atomic E-state index is 12.4. The number of ether oxygens (including phenoxy) is 18. The van der Waals surface area contributed by atoms with E-state index in [2.05, 4.69) is 5.32 Å². The molecule has 0 aromatic carbocycles. The molecule has 0 aromatic heterocycles. The molecular formula is C62H107NO51. The molecular weight excluding hydrogens is 1570 g/mol. The Morgan fingerprint density at radius 1 is 0.281 bits per heavy atom. The Kier molecular flexibility index (Phi) is 35.1. The average molecular weight is 1680 g/mol. The van der Waals surface area contributed by atoms with Crippen LogP contribution < -0.4 is 5.32 Å². The number of rotatable bonds is 33. The lowest BCUT2D eigenvalue weighted by Gasteiger charge is -2.50. The maximum Gasteiger partial charge on any atom is 0.217 e. The summed E-state index contributed by atoms with van der Waals surface area (Å²) in [6, 6.07) is -1.78. The number of hydrogen-bond acceptors (Lipinski definition) is 51. The number of hydrogen-bond donors (Lipinski definition) is 33. The van der Waals surface area contributed by atoms with Crippen molar-refractivity contribution >= 4 is 5.91 Å². The van der Waals surface area contributed by atoms with Crippen LogP contribution in [-0.2, 0) is 90.1 Å². The molecule has 0 aliphatic carbocycles. The Balaban J connectivity index is 1.01. The van der Waals surface area contributed by atoms with E-state index < -0.39 is 379 Å². The van der Waals surface area contributed by atoms with E-state index in [0.29, 0.717) is 0 Å². The van der Waals surface area contributed by atoms with Crippen LogP contribution in [0.3, 0.4) is 0 Å². The highest BCUT2D eigenvalue weighted by molar-refractivity contribution is 5.73. The van der Waals surface area contributed by atoms with E-state index in [-0.39, 0.29) is 0 Å². The molecule has 9 rings (SSSR count). The van der Waals surface area contributed by atoms with Gasteiger partial charge >= 0.3 is 0 Å². The van der Waals surface area contributed by atoms with Gasteiger partial charge in [-0.25, -0.2) is 0 Å². The fourth-order valence-electron chi connectivity index (χ4n) is 14.1. The van der Waals surface area contributed by atoms with Crippen molar-refractivity contribution in [1.82, 2.24) is 5.32 Å². The number of carbonyl (C=O) groups excluding carboxylic acids is 1. The lowest BCUT2D eigenvalue weighted by atomic mass is 9.95. The molecule has 666 valence electrons. The van der Waals surface area contributed by atoms with Crippen LogP contribution in [0, 0.1) is 0 Å². The van der Waals surface area contributed by atoms with Gasteiger partial charge in [-0.05, 0) is 0 Å². The first kappa shape index (κ1) is 95.3. The quantitative estimate of drug-likeness (QED) is 0.0290. The van der Waals surface area contributed by atoms with E-state index in [1.54, 1.807) is 0 Å². The molecule has 52 nitrogen and oxygen atoms in total. The third-order valence-electron chi connectivity index (χ3n) is 20.9. The highest BCUT2D eigenvalue weighted by atomic mass is 16.8. The molecule has 33 N–H and O–H groups in total. The topological polar surface area (TPSA) is 843 Å². The maximum atomic E-state index is 12.4. The summed E-state index contributed by atoms with van der Waals surface area (Å²) < 4.78 is 104. The fourth-order valence-corrected chi connectivity index (χ4v) is 14.1. The van der Waals surface area contributed by atoms with Gasteiger partial charge in [0, 0.05) is 6.92 Å². The van der Waals surface area contributed by atoms with Gasteiger partial charge in [-0.3, -0.25) is 4.79 Å². The van der Waals surface area contributed by atoms with Gasteiger partial charge in [0.25, 0.3) is 0 Å². The minimum atomic E-state index is -2.61. The van der Waals surface area contributed by atoms with E-state index >= 15 is 0 Å². The van der Waals surface area contributed by atoms with Crippen molar-refractivity contribution < 1.29 is 253 Å². The molecule has 9 aliphatic heterocycles. The molecule has 52 heteroatoms. The summed E-state index contributed by atoms with van der Waals surface area (Å²) in [5.41, 5.74) is 0. The molecule has 0 aromatic rings. The van der Waals surface area contributed by atoms with Crippen LogP contribution in [0.15, 0.2) is 0 Å². The summed E-state index contributed by atoms with van der Waals surface area (Å²) >= 11 is 0. The van der Waals surface area contributed by atoms with Gasteiger partial charge in [-0.2, -0.15) is 0 Å². The standard InChI is InChI=1S/C62H107NO51/c1-13(72)63-14(2-64)25(74)48(15(73)3-65)109-59-47(96)50(111-61-53(41(90)31(80)20(8-70)104-61)114-62-52(40(89)30(79)21(9-71)105-62)113-58-45(94)37(86)28(77)18(6-68)102-58)34(83)24(108-59)12-98-55-46(95)49(110-56-43(92)35(84)26(75)16(4-66)100-56)33(82)23(107-55)11-97-54-42(91)38(87)32(81)22(106-54)10-99-60-51(39(88)29(78)19(7-69)103-60)112-57-44(93)36(85)27(76)17(5-67)101-57/h14-62,64-71,73-96H,2-12H2,1H3,(H,63,72)/t14-,15+,16+,17+,18+,19+,20+,21+,22+,23+,24+,25+,26+,27+,28+,29+,30+,31+,32+,33+,34+,35-,36-,37-,38-,39-,40-,41-,42-,43-,44-,45-,46-,47-,48+,49-,50-,51-,52+,53-,54-,55-,56+,57+,58+,59-,60-,61+,62+/m0/s1. The molecule has 0 unspecified atom stereocenters. The van der Waals surface area contributed by atoms with Gasteiger partial charge in [0.1, 0.15) is 238 Å². The first-order valence-electron chi connectivity index (χ1n) is 36.1. The summed E-state index contributed by atoms with van der Waals surface area (Å²) in [7, 11) is 0. The normalized spacial score (nSPS) is 49.6. The molecule has 114 heavy (non-hydrogen) atoms. The molecule has 9 heterocycles. The van der Waals surface area contributed by atoms with Gasteiger partial charge in [0.05, 0.1) is 78.7 Å². The van der Waals surface area contributed by atoms with Crippen molar-refractivity contribution in [3.05, 3.63) is 0 Å². The highest BCUT2D eigenvalue weighted by Gasteiger charge is 2.60. The predicted octanol–water partition coefficient (Wildman–Crippen LogP) is -23.0. The summed E-state index contributed by atoms with van der Waals surface area (Å²) in [5.74, 6) is -0.894. The van der Waals surface area contributed by atoms with Crippen LogP contribution in [0.1, 0.15) is 6.92 Å². The lowest BCUT2D eigenvalue weighted by Crippen LogP contribution is -2.68. The largest absolute Gasteiger partial charge is 0.394 e. The Bertz CT molecular complexity index is 2860. The van der Waals surface area contributed by atoms with Gasteiger partial charge in [0.2, 0.25) is 5.91 Å². The van der Waals surface area contributed by atoms with E-state index in [9.17, 15) is 168 Å². The SMILES string of the molecule is CC(=O)N[C@@H](CO)[C@@H](O)[C@H](O[C@@H]1O[C@H](CO[C@H]2O[C@H](CO[C@H]3O[C@H](CO[C@H]4O[C@H](CO)[C@@H](O)[C@H](O)[C@@H]4O[C@H]4O[C@H](CO)[C@@H](O)[C@H](O)[C@@H]4O)[C@@H](O)[C@H](O)[C@@H]3O)[C@@H](O)[C@H](O[C@H]3O[C@H](CO)[C@@H](O)[C@H](O)[C@@H]3O)[C@@H]2O)[C@@H](O)[C@H](O[C@H]2O[C@H](CO)[C@@H](O)[C@H](O)[C@@H]2O[C@H]2O[C@H](CO)[C@@H](O)[C@H](O)[C@H]2O[C@H]2O[C@H](CO)[C@@H](O)[C@H](O)[C@@H]2O)[C@@H]1O)[C@H](O)CO. The minimum absolute atomic E-state index is 0.894. The Morgan fingerprint density at radius 3 is 0.886 bits per heavy atom. The molecule has 0 spiro atoms. The van der Waals surface area contributed by atoms with Gasteiger partial charge < -0.3 is 254 Å². The Morgan fingerprint density at radius 2 is 0.535 bits per heavy atom. The lowest BCUT2D eigenvalue weighted by molar-refractivity contribution is -0.406.